The lowest BCUT2D eigenvalue weighted by atomic mass is 10.4. The van der Waals surface area contributed by atoms with Crippen molar-refractivity contribution in [2.45, 2.75) is 39.8 Å². The number of nitrogens with one attached hydrogen (secondary N) is 1. The first-order valence-corrected chi connectivity index (χ1v) is 9.41. The Morgan fingerprint density at radius 2 is 2.19 bits per heavy atom. The van der Waals surface area contributed by atoms with E-state index >= 15 is 0 Å². The molecular weight excluding hydrogens is 398 g/mol. The van der Waals surface area contributed by atoms with Gasteiger partial charge in [0.1, 0.15) is 5.76 Å². The largest absolute Gasteiger partial charge is 0.454 e. The lowest BCUT2D eigenvalue weighted by Gasteiger charge is -2.02. The monoisotopic (exact) mass is 417 g/mol. The third-order valence-corrected chi connectivity index (χ3v) is 5.67. The molecule has 0 aliphatic heterocycles. The Morgan fingerprint density at radius 3 is 2.88 bits per heavy atom. The fraction of sp³-hybridized carbons (Fsp3) is 0.389. The second-order valence-corrected chi connectivity index (χ2v) is 7.55. The SMILES string of the molecule is Cc1nn(Cc2ccc(C(=O)Nc3cnn(CC4CC4)c3)o2)c(C)c1Br. The van der Waals surface area contributed by atoms with Crippen molar-refractivity contribution < 1.29 is 9.21 Å². The summed E-state index contributed by atoms with van der Waals surface area (Å²) in [6.45, 7) is 5.32. The van der Waals surface area contributed by atoms with Gasteiger partial charge in [0.2, 0.25) is 0 Å². The van der Waals surface area contributed by atoms with Gasteiger partial charge in [0, 0.05) is 12.7 Å². The number of amides is 1. The van der Waals surface area contributed by atoms with E-state index in [0.717, 1.165) is 28.3 Å². The summed E-state index contributed by atoms with van der Waals surface area (Å²) in [6.07, 6.45) is 6.05. The molecule has 136 valence electrons. The van der Waals surface area contributed by atoms with Gasteiger partial charge in [-0.2, -0.15) is 10.2 Å². The number of aromatic nitrogens is 4. The molecule has 7 nitrogen and oxygen atoms in total. The van der Waals surface area contributed by atoms with Gasteiger partial charge in [-0.15, -0.1) is 0 Å². The first-order valence-electron chi connectivity index (χ1n) is 8.61. The summed E-state index contributed by atoms with van der Waals surface area (Å²) >= 11 is 3.51. The normalized spacial score (nSPS) is 14.0. The molecule has 26 heavy (non-hydrogen) atoms. The molecule has 3 aromatic heterocycles. The number of hydrogen-bond acceptors (Lipinski definition) is 4. The first kappa shape index (κ1) is 17.1. The molecule has 4 rings (SSSR count). The molecule has 0 bridgehead atoms. The summed E-state index contributed by atoms with van der Waals surface area (Å²) in [4.78, 5) is 12.4. The van der Waals surface area contributed by atoms with Crippen molar-refractivity contribution in [1.29, 1.82) is 0 Å². The van der Waals surface area contributed by atoms with E-state index in [-0.39, 0.29) is 11.7 Å². The smallest absolute Gasteiger partial charge is 0.291 e. The van der Waals surface area contributed by atoms with Crippen LogP contribution in [-0.4, -0.2) is 25.5 Å². The molecular formula is C18H20BrN5O2. The van der Waals surface area contributed by atoms with Crippen molar-refractivity contribution in [3.8, 4) is 0 Å². The van der Waals surface area contributed by atoms with Crippen LogP contribution in [0.5, 0.6) is 0 Å². The highest BCUT2D eigenvalue weighted by Gasteiger charge is 2.22. The minimum atomic E-state index is -0.281. The summed E-state index contributed by atoms with van der Waals surface area (Å²) in [5.41, 5.74) is 2.62. The summed E-state index contributed by atoms with van der Waals surface area (Å²) in [7, 11) is 0. The Bertz CT molecular complexity index is 951. The zero-order valence-corrected chi connectivity index (χ0v) is 16.3. The third-order valence-electron chi connectivity index (χ3n) is 4.52. The number of halogens is 1. The molecule has 3 heterocycles. The first-order chi connectivity index (χ1) is 12.5. The van der Waals surface area contributed by atoms with Gasteiger partial charge in [-0.1, -0.05) is 0 Å². The van der Waals surface area contributed by atoms with Gasteiger partial charge in [-0.05, 0) is 60.7 Å². The van der Waals surface area contributed by atoms with Crippen LogP contribution in [0.25, 0.3) is 0 Å². The van der Waals surface area contributed by atoms with Crippen LogP contribution in [0.15, 0.2) is 33.4 Å². The lowest BCUT2D eigenvalue weighted by Crippen LogP contribution is -2.10. The average Bonchev–Trinajstić information content (AvgIpc) is 3.01. The molecule has 1 fully saturated rings. The van der Waals surface area contributed by atoms with Crippen LogP contribution in [0, 0.1) is 19.8 Å². The van der Waals surface area contributed by atoms with Gasteiger partial charge >= 0.3 is 0 Å². The van der Waals surface area contributed by atoms with Gasteiger partial charge in [-0.3, -0.25) is 14.2 Å². The maximum atomic E-state index is 12.4. The number of furan rings is 1. The fourth-order valence-corrected chi connectivity index (χ4v) is 3.13. The molecule has 0 unspecified atom stereocenters. The minimum absolute atomic E-state index is 0.274. The Labute approximate surface area is 159 Å². The second-order valence-electron chi connectivity index (χ2n) is 6.76. The zero-order chi connectivity index (χ0) is 18.3. The highest BCUT2D eigenvalue weighted by Crippen LogP contribution is 2.30. The van der Waals surface area contributed by atoms with Crippen molar-refractivity contribution in [3.05, 3.63) is 51.9 Å². The van der Waals surface area contributed by atoms with Crippen LogP contribution >= 0.6 is 15.9 Å². The van der Waals surface area contributed by atoms with Crippen LogP contribution in [0.3, 0.4) is 0 Å². The second kappa shape index (κ2) is 6.75. The van der Waals surface area contributed by atoms with Gasteiger partial charge < -0.3 is 9.73 Å². The van der Waals surface area contributed by atoms with E-state index in [2.05, 4.69) is 31.4 Å². The fourth-order valence-electron chi connectivity index (χ4n) is 2.85. The molecule has 0 aromatic carbocycles. The summed E-state index contributed by atoms with van der Waals surface area (Å²) in [5, 5.41) is 11.6. The summed E-state index contributed by atoms with van der Waals surface area (Å²) < 4.78 is 10.4. The summed E-state index contributed by atoms with van der Waals surface area (Å²) in [6, 6.07) is 3.48. The van der Waals surface area contributed by atoms with Crippen LogP contribution < -0.4 is 5.32 Å². The molecule has 1 N–H and O–H groups in total. The van der Waals surface area contributed by atoms with Crippen LogP contribution in [0.4, 0.5) is 5.69 Å². The van der Waals surface area contributed by atoms with Crippen molar-refractivity contribution in [1.82, 2.24) is 19.6 Å². The van der Waals surface area contributed by atoms with Crippen molar-refractivity contribution in [2.24, 2.45) is 5.92 Å². The molecule has 1 aliphatic carbocycles. The van der Waals surface area contributed by atoms with Crippen LogP contribution in [0.2, 0.25) is 0 Å². The number of hydrogen-bond donors (Lipinski definition) is 1. The maximum Gasteiger partial charge on any atom is 0.291 e. The molecule has 1 amide bonds. The molecule has 1 aliphatic rings. The number of carbonyl (C=O) groups is 1. The Balaban J connectivity index is 1.40. The van der Waals surface area contributed by atoms with E-state index in [1.165, 1.54) is 12.8 Å². The van der Waals surface area contributed by atoms with Crippen molar-refractivity contribution in [2.75, 3.05) is 5.32 Å². The molecule has 8 heteroatoms. The topological polar surface area (TPSA) is 77.9 Å². The zero-order valence-electron chi connectivity index (χ0n) is 14.7. The van der Waals surface area contributed by atoms with E-state index in [9.17, 15) is 4.79 Å². The lowest BCUT2D eigenvalue weighted by molar-refractivity contribution is 0.0994. The Hall–Kier alpha value is -2.35. The predicted molar refractivity (Wildman–Crippen MR) is 100 cm³/mol. The van der Waals surface area contributed by atoms with E-state index in [0.29, 0.717) is 18.0 Å². The predicted octanol–water partition coefficient (Wildman–Crippen LogP) is 3.76. The highest BCUT2D eigenvalue weighted by atomic mass is 79.9. The number of carbonyl (C=O) groups excluding carboxylic acids is 1. The third kappa shape index (κ3) is 3.60. The number of anilines is 1. The number of rotatable bonds is 6. The number of nitrogens with zero attached hydrogens (tertiary/aromatic N) is 4. The highest BCUT2D eigenvalue weighted by molar-refractivity contribution is 9.10. The Kier molecular flexibility index (Phi) is 4.44. The van der Waals surface area contributed by atoms with Gasteiger partial charge in [0.05, 0.1) is 34.3 Å². The molecule has 0 atom stereocenters. The van der Waals surface area contributed by atoms with Crippen LogP contribution in [0.1, 0.15) is 40.5 Å². The van der Waals surface area contributed by atoms with Gasteiger partial charge in [0.25, 0.3) is 5.91 Å². The molecule has 0 saturated heterocycles. The minimum Gasteiger partial charge on any atom is -0.454 e. The van der Waals surface area contributed by atoms with Crippen LogP contribution in [-0.2, 0) is 13.1 Å². The molecule has 0 radical (unpaired) electrons. The average molecular weight is 418 g/mol. The van der Waals surface area contributed by atoms with Crippen molar-refractivity contribution >= 4 is 27.5 Å². The van der Waals surface area contributed by atoms with Gasteiger partial charge in [-0.25, -0.2) is 0 Å². The molecule has 0 spiro atoms. The van der Waals surface area contributed by atoms with E-state index < -0.39 is 0 Å². The Morgan fingerprint density at radius 1 is 1.38 bits per heavy atom. The standard InChI is InChI=1S/C18H20BrN5O2/c1-11-17(19)12(2)24(22-11)10-15-5-6-16(26-15)18(25)21-14-7-20-23(9-14)8-13-3-4-13/h5-7,9,13H,3-4,8,10H2,1-2H3,(H,21,25). The molecule has 3 aromatic rings. The van der Waals surface area contributed by atoms with E-state index in [1.807, 2.05) is 29.4 Å². The van der Waals surface area contributed by atoms with Gasteiger partial charge in [0.15, 0.2) is 5.76 Å². The quantitative estimate of drug-likeness (QED) is 0.661. The molecule has 1 saturated carbocycles. The van der Waals surface area contributed by atoms with E-state index in [1.54, 1.807) is 18.3 Å². The van der Waals surface area contributed by atoms with Crippen molar-refractivity contribution in [3.63, 3.8) is 0 Å². The van der Waals surface area contributed by atoms with E-state index in [4.69, 9.17) is 4.42 Å². The number of aryl methyl sites for hydroxylation is 1. The summed E-state index contributed by atoms with van der Waals surface area (Å²) in [5.74, 6) is 1.41. The maximum absolute atomic E-state index is 12.4.